The van der Waals surface area contributed by atoms with Crippen molar-refractivity contribution in [2.24, 2.45) is 5.73 Å². The van der Waals surface area contributed by atoms with E-state index in [9.17, 15) is 13.2 Å². The topological polar surface area (TPSA) is 80.5 Å². The Balaban J connectivity index is 2.55. The molecule has 2 N–H and O–H groups in total. The maximum Gasteiger partial charge on any atom is 0.234 e. The standard InChI is InChI=1S/C7H14N2O3S/c1-6(7(8)10)9-2-4-13(11,12)5-3-9/h6H,2-5H2,1H3,(H2,8,10). The van der Waals surface area contributed by atoms with Gasteiger partial charge in [-0.05, 0) is 6.92 Å². The van der Waals surface area contributed by atoms with E-state index in [0.717, 1.165) is 0 Å². The van der Waals surface area contributed by atoms with Crippen molar-refractivity contribution < 1.29 is 13.2 Å². The first-order chi connectivity index (χ1) is 5.92. The summed E-state index contributed by atoms with van der Waals surface area (Å²) >= 11 is 0. The van der Waals surface area contributed by atoms with Crippen LogP contribution in [0, 0.1) is 0 Å². The molecule has 1 heterocycles. The zero-order chi connectivity index (χ0) is 10.1. The van der Waals surface area contributed by atoms with Crippen LogP contribution in [0.2, 0.25) is 0 Å². The lowest BCUT2D eigenvalue weighted by atomic mass is 10.2. The number of nitrogens with two attached hydrogens (primary N) is 1. The van der Waals surface area contributed by atoms with Gasteiger partial charge in [-0.15, -0.1) is 0 Å². The first kappa shape index (κ1) is 10.5. The van der Waals surface area contributed by atoms with Gasteiger partial charge in [0.15, 0.2) is 9.84 Å². The van der Waals surface area contributed by atoms with Gasteiger partial charge in [-0.3, -0.25) is 9.69 Å². The zero-order valence-corrected chi connectivity index (χ0v) is 8.38. The van der Waals surface area contributed by atoms with E-state index in [1.807, 2.05) is 0 Å². The van der Waals surface area contributed by atoms with E-state index in [1.54, 1.807) is 11.8 Å². The molecule has 0 aromatic carbocycles. The van der Waals surface area contributed by atoms with Gasteiger partial charge >= 0.3 is 0 Å². The number of carbonyl (C=O) groups excluding carboxylic acids is 1. The average molecular weight is 206 g/mol. The number of hydrogen-bond acceptors (Lipinski definition) is 4. The summed E-state index contributed by atoms with van der Waals surface area (Å²) in [5, 5.41) is 0. The summed E-state index contributed by atoms with van der Waals surface area (Å²) < 4.78 is 22.1. The van der Waals surface area contributed by atoms with E-state index >= 15 is 0 Å². The first-order valence-corrected chi connectivity index (χ1v) is 5.98. The molecule has 0 spiro atoms. The van der Waals surface area contributed by atoms with Gasteiger partial charge in [0.25, 0.3) is 0 Å². The van der Waals surface area contributed by atoms with E-state index in [-0.39, 0.29) is 17.5 Å². The van der Waals surface area contributed by atoms with Gasteiger partial charge in [0.1, 0.15) is 0 Å². The van der Waals surface area contributed by atoms with Crippen molar-refractivity contribution in [1.82, 2.24) is 4.90 Å². The van der Waals surface area contributed by atoms with E-state index in [2.05, 4.69) is 0 Å². The van der Waals surface area contributed by atoms with Crippen LogP contribution < -0.4 is 5.73 Å². The highest BCUT2D eigenvalue weighted by molar-refractivity contribution is 7.91. The van der Waals surface area contributed by atoms with E-state index in [4.69, 9.17) is 5.73 Å². The van der Waals surface area contributed by atoms with Crippen LogP contribution in [-0.2, 0) is 14.6 Å². The van der Waals surface area contributed by atoms with Crippen LogP contribution in [0.4, 0.5) is 0 Å². The van der Waals surface area contributed by atoms with Crippen molar-refractivity contribution in [1.29, 1.82) is 0 Å². The fraction of sp³-hybridized carbons (Fsp3) is 0.857. The Morgan fingerprint density at radius 2 is 1.85 bits per heavy atom. The van der Waals surface area contributed by atoms with Gasteiger partial charge in [-0.1, -0.05) is 0 Å². The number of rotatable bonds is 2. The second-order valence-corrected chi connectivity index (χ2v) is 5.57. The molecular formula is C7H14N2O3S. The predicted molar refractivity (Wildman–Crippen MR) is 48.9 cm³/mol. The van der Waals surface area contributed by atoms with E-state index < -0.39 is 15.7 Å². The van der Waals surface area contributed by atoms with Gasteiger partial charge < -0.3 is 5.73 Å². The lowest BCUT2D eigenvalue weighted by Crippen LogP contribution is -2.49. The summed E-state index contributed by atoms with van der Waals surface area (Å²) in [4.78, 5) is 12.6. The minimum Gasteiger partial charge on any atom is -0.368 e. The van der Waals surface area contributed by atoms with Crippen molar-refractivity contribution in [2.75, 3.05) is 24.6 Å². The molecule has 0 aliphatic carbocycles. The number of hydrogen-bond donors (Lipinski definition) is 1. The Labute approximate surface area is 77.8 Å². The third kappa shape index (κ3) is 2.67. The summed E-state index contributed by atoms with van der Waals surface area (Å²) in [6, 6.07) is -0.365. The molecule has 1 fully saturated rings. The van der Waals surface area contributed by atoms with Gasteiger partial charge in [0, 0.05) is 13.1 Å². The number of amides is 1. The molecule has 0 saturated carbocycles. The molecule has 1 saturated heterocycles. The third-order valence-corrected chi connectivity index (χ3v) is 3.95. The molecular weight excluding hydrogens is 192 g/mol. The van der Waals surface area contributed by atoms with Gasteiger partial charge in [0.2, 0.25) is 5.91 Å². The van der Waals surface area contributed by atoms with E-state index in [0.29, 0.717) is 13.1 Å². The van der Waals surface area contributed by atoms with Crippen LogP contribution in [0.1, 0.15) is 6.92 Å². The molecule has 1 aliphatic heterocycles. The van der Waals surface area contributed by atoms with Crippen molar-refractivity contribution >= 4 is 15.7 Å². The smallest absolute Gasteiger partial charge is 0.234 e. The van der Waals surface area contributed by atoms with Gasteiger partial charge in [-0.2, -0.15) is 0 Å². The highest BCUT2D eigenvalue weighted by Crippen LogP contribution is 2.07. The number of nitrogens with zero attached hydrogens (tertiary/aromatic N) is 1. The monoisotopic (exact) mass is 206 g/mol. The molecule has 0 aromatic heterocycles. The Hall–Kier alpha value is -0.620. The minimum absolute atomic E-state index is 0.130. The predicted octanol–water partition coefficient (Wildman–Crippen LogP) is -1.41. The lowest BCUT2D eigenvalue weighted by molar-refractivity contribution is -0.122. The van der Waals surface area contributed by atoms with Gasteiger partial charge in [-0.25, -0.2) is 8.42 Å². The molecule has 1 atom stereocenters. The summed E-state index contributed by atoms with van der Waals surface area (Å²) in [5.74, 6) is -0.144. The minimum atomic E-state index is -2.87. The molecule has 6 heteroatoms. The summed E-state index contributed by atoms with van der Waals surface area (Å²) in [6.45, 7) is 2.51. The van der Waals surface area contributed by atoms with Crippen LogP contribution in [-0.4, -0.2) is 49.9 Å². The molecule has 0 aromatic rings. The molecule has 1 rings (SSSR count). The fourth-order valence-corrected chi connectivity index (χ4v) is 2.52. The lowest BCUT2D eigenvalue weighted by Gasteiger charge is -2.30. The van der Waals surface area contributed by atoms with Crippen LogP contribution in [0.5, 0.6) is 0 Å². The Bertz CT molecular complexity index is 285. The van der Waals surface area contributed by atoms with E-state index in [1.165, 1.54) is 0 Å². The van der Waals surface area contributed by atoms with Crippen molar-refractivity contribution in [2.45, 2.75) is 13.0 Å². The largest absolute Gasteiger partial charge is 0.368 e. The van der Waals surface area contributed by atoms with Crippen LogP contribution >= 0.6 is 0 Å². The first-order valence-electron chi connectivity index (χ1n) is 4.16. The second kappa shape index (κ2) is 3.63. The fourth-order valence-electron chi connectivity index (χ4n) is 1.29. The maximum absolute atomic E-state index is 11.0. The Morgan fingerprint density at radius 1 is 1.38 bits per heavy atom. The van der Waals surface area contributed by atoms with Crippen LogP contribution in [0.15, 0.2) is 0 Å². The molecule has 1 aliphatic rings. The third-order valence-electron chi connectivity index (χ3n) is 2.34. The van der Waals surface area contributed by atoms with Gasteiger partial charge in [0.05, 0.1) is 17.5 Å². The maximum atomic E-state index is 11.0. The van der Waals surface area contributed by atoms with Crippen LogP contribution in [0.3, 0.4) is 0 Å². The second-order valence-electron chi connectivity index (χ2n) is 3.27. The van der Waals surface area contributed by atoms with Crippen LogP contribution in [0.25, 0.3) is 0 Å². The quantitative estimate of drug-likeness (QED) is 0.602. The number of sulfone groups is 1. The molecule has 0 radical (unpaired) electrons. The molecule has 0 bridgehead atoms. The van der Waals surface area contributed by atoms with Crippen molar-refractivity contribution in [3.63, 3.8) is 0 Å². The number of carbonyl (C=O) groups is 1. The van der Waals surface area contributed by atoms with Crippen molar-refractivity contribution in [3.05, 3.63) is 0 Å². The summed E-state index contributed by atoms with van der Waals surface area (Å²) in [7, 11) is -2.87. The van der Waals surface area contributed by atoms with Crippen molar-refractivity contribution in [3.8, 4) is 0 Å². The molecule has 1 amide bonds. The summed E-state index contributed by atoms with van der Waals surface area (Å²) in [5.41, 5.74) is 5.10. The highest BCUT2D eigenvalue weighted by Gasteiger charge is 2.26. The Morgan fingerprint density at radius 3 is 2.23 bits per heavy atom. The molecule has 1 unspecified atom stereocenters. The molecule has 76 valence electrons. The normalized spacial score (nSPS) is 25.3. The highest BCUT2D eigenvalue weighted by atomic mass is 32.2. The Kier molecular flexibility index (Phi) is 2.92. The zero-order valence-electron chi connectivity index (χ0n) is 7.56. The molecule has 13 heavy (non-hydrogen) atoms. The molecule has 5 nitrogen and oxygen atoms in total. The average Bonchev–Trinajstić information content (AvgIpc) is 2.03. The summed E-state index contributed by atoms with van der Waals surface area (Å²) in [6.07, 6.45) is 0. The SMILES string of the molecule is CC(C(N)=O)N1CCS(=O)(=O)CC1. The number of primary amides is 1.